The molecule has 1 aromatic rings. The first-order chi connectivity index (χ1) is 9.75. The molecule has 1 aliphatic carbocycles. The molecular formula is C16H26N2O2. The normalized spacial score (nSPS) is 17.2. The molecule has 1 amide bonds. The summed E-state index contributed by atoms with van der Waals surface area (Å²) < 4.78 is 5.18. The molecule has 112 valence electrons. The Labute approximate surface area is 121 Å². The molecule has 1 unspecified atom stereocenters. The standard InChI is InChI=1S/C16H26N2O2/c1-13(16(19)18-12-15-9-5-11-20-15)17-10-4-8-14-6-2-3-7-14/h5,9,11,13-14,17H,2-4,6-8,10,12H2,1H3,(H,18,19). The summed E-state index contributed by atoms with van der Waals surface area (Å²) in [5.41, 5.74) is 0. The predicted molar refractivity (Wildman–Crippen MR) is 79.2 cm³/mol. The quantitative estimate of drug-likeness (QED) is 0.719. The second kappa shape index (κ2) is 8.10. The monoisotopic (exact) mass is 278 g/mol. The highest BCUT2D eigenvalue weighted by atomic mass is 16.3. The Bertz CT molecular complexity index is 383. The third kappa shape index (κ3) is 5.00. The van der Waals surface area contributed by atoms with Crippen LogP contribution >= 0.6 is 0 Å². The van der Waals surface area contributed by atoms with E-state index in [9.17, 15) is 4.79 Å². The molecule has 0 aromatic carbocycles. The zero-order chi connectivity index (χ0) is 14.2. The number of rotatable bonds is 8. The molecule has 0 radical (unpaired) electrons. The van der Waals surface area contributed by atoms with Gasteiger partial charge >= 0.3 is 0 Å². The summed E-state index contributed by atoms with van der Waals surface area (Å²) in [6.45, 7) is 3.29. The summed E-state index contributed by atoms with van der Waals surface area (Å²) >= 11 is 0. The topological polar surface area (TPSA) is 54.3 Å². The number of amides is 1. The van der Waals surface area contributed by atoms with E-state index < -0.39 is 0 Å². The summed E-state index contributed by atoms with van der Waals surface area (Å²) in [5, 5.41) is 6.17. The van der Waals surface area contributed by atoms with Crippen LogP contribution in [0.5, 0.6) is 0 Å². The molecule has 1 atom stereocenters. The lowest BCUT2D eigenvalue weighted by Gasteiger charge is -2.14. The molecule has 0 saturated heterocycles. The average molecular weight is 278 g/mol. The van der Waals surface area contributed by atoms with Crippen LogP contribution in [-0.2, 0) is 11.3 Å². The van der Waals surface area contributed by atoms with Crippen LogP contribution in [0.25, 0.3) is 0 Å². The number of nitrogens with one attached hydrogen (secondary N) is 2. The zero-order valence-electron chi connectivity index (χ0n) is 12.4. The first-order valence-corrected chi connectivity index (χ1v) is 7.79. The van der Waals surface area contributed by atoms with E-state index in [4.69, 9.17) is 4.42 Å². The van der Waals surface area contributed by atoms with E-state index in [2.05, 4.69) is 10.6 Å². The third-order valence-corrected chi connectivity index (χ3v) is 4.12. The highest BCUT2D eigenvalue weighted by Gasteiger charge is 2.15. The molecule has 1 saturated carbocycles. The van der Waals surface area contributed by atoms with Crippen molar-refractivity contribution in [2.24, 2.45) is 5.92 Å². The van der Waals surface area contributed by atoms with Crippen molar-refractivity contribution in [2.75, 3.05) is 6.54 Å². The van der Waals surface area contributed by atoms with Crippen molar-refractivity contribution in [3.63, 3.8) is 0 Å². The van der Waals surface area contributed by atoms with Crippen molar-refractivity contribution in [2.45, 2.75) is 58.0 Å². The van der Waals surface area contributed by atoms with Gasteiger partial charge in [0, 0.05) is 0 Å². The Morgan fingerprint density at radius 1 is 1.45 bits per heavy atom. The molecule has 0 aliphatic heterocycles. The summed E-state index contributed by atoms with van der Waals surface area (Å²) in [6.07, 6.45) is 9.70. The maximum absolute atomic E-state index is 11.9. The van der Waals surface area contributed by atoms with Gasteiger partial charge in [-0.05, 0) is 44.4 Å². The highest BCUT2D eigenvalue weighted by Crippen LogP contribution is 2.28. The van der Waals surface area contributed by atoms with Gasteiger partial charge in [0.05, 0.1) is 18.8 Å². The molecule has 0 bridgehead atoms. The number of carbonyl (C=O) groups excluding carboxylic acids is 1. The predicted octanol–water partition coefficient (Wildman–Crippen LogP) is 2.84. The molecule has 2 N–H and O–H groups in total. The van der Waals surface area contributed by atoms with Crippen molar-refractivity contribution >= 4 is 5.91 Å². The fourth-order valence-electron chi connectivity index (χ4n) is 2.84. The smallest absolute Gasteiger partial charge is 0.237 e. The van der Waals surface area contributed by atoms with Gasteiger partial charge in [-0.15, -0.1) is 0 Å². The molecule has 4 nitrogen and oxygen atoms in total. The first kappa shape index (κ1) is 15.1. The zero-order valence-corrected chi connectivity index (χ0v) is 12.4. The largest absolute Gasteiger partial charge is 0.467 e. The van der Waals surface area contributed by atoms with Gasteiger partial charge in [-0.2, -0.15) is 0 Å². The minimum absolute atomic E-state index is 0.0299. The lowest BCUT2D eigenvalue weighted by atomic mass is 10.0. The van der Waals surface area contributed by atoms with Crippen LogP contribution in [0.1, 0.15) is 51.2 Å². The van der Waals surface area contributed by atoms with E-state index in [0.29, 0.717) is 6.54 Å². The van der Waals surface area contributed by atoms with E-state index in [1.165, 1.54) is 38.5 Å². The van der Waals surface area contributed by atoms with Crippen LogP contribution in [0.15, 0.2) is 22.8 Å². The SMILES string of the molecule is CC(NCCCC1CCCC1)C(=O)NCc1ccco1. The van der Waals surface area contributed by atoms with Crippen LogP contribution < -0.4 is 10.6 Å². The van der Waals surface area contributed by atoms with Gasteiger partial charge in [-0.3, -0.25) is 4.79 Å². The average Bonchev–Trinajstić information content (AvgIpc) is 3.13. The van der Waals surface area contributed by atoms with Crippen LogP contribution in [0.4, 0.5) is 0 Å². The molecule has 1 aliphatic rings. The second-order valence-electron chi connectivity index (χ2n) is 5.77. The van der Waals surface area contributed by atoms with Gasteiger partial charge in [0.2, 0.25) is 5.91 Å². The van der Waals surface area contributed by atoms with E-state index in [1.54, 1.807) is 6.26 Å². The fraction of sp³-hybridized carbons (Fsp3) is 0.688. The van der Waals surface area contributed by atoms with Gasteiger partial charge in [-0.1, -0.05) is 25.7 Å². The van der Waals surface area contributed by atoms with Crippen LogP contribution in [0, 0.1) is 5.92 Å². The van der Waals surface area contributed by atoms with Crippen molar-refractivity contribution in [1.82, 2.24) is 10.6 Å². The molecular weight excluding hydrogens is 252 g/mol. The van der Waals surface area contributed by atoms with Crippen LogP contribution in [0.3, 0.4) is 0 Å². The third-order valence-electron chi connectivity index (χ3n) is 4.12. The molecule has 1 aromatic heterocycles. The van der Waals surface area contributed by atoms with Gasteiger partial charge in [0.1, 0.15) is 5.76 Å². The molecule has 1 fully saturated rings. The Kier molecular flexibility index (Phi) is 6.12. The lowest BCUT2D eigenvalue weighted by molar-refractivity contribution is -0.123. The van der Waals surface area contributed by atoms with Crippen molar-refractivity contribution in [3.05, 3.63) is 24.2 Å². The fourth-order valence-corrected chi connectivity index (χ4v) is 2.84. The summed E-state index contributed by atoms with van der Waals surface area (Å²) in [6, 6.07) is 3.54. The summed E-state index contributed by atoms with van der Waals surface area (Å²) in [4.78, 5) is 11.9. The second-order valence-corrected chi connectivity index (χ2v) is 5.77. The Morgan fingerprint density at radius 2 is 2.25 bits per heavy atom. The summed E-state index contributed by atoms with van der Waals surface area (Å²) in [5.74, 6) is 1.74. The van der Waals surface area contributed by atoms with E-state index >= 15 is 0 Å². The Hall–Kier alpha value is -1.29. The number of hydrogen-bond acceptors (Lipinski definition) is 3. The van der Waals surface area contributed by atoms with Gasteiger partial charge in [0.15, 0.2) is 0 Å². The van der Waals surface area contributed by atoms with Crippen LogP contribution in [-0.4, -0.2) is 18.5 Å². The van der Waals surface area contributed by atoms with Crippen molar-refractivity contribution < 1.29 is 9.21 Å². The van der Waals surface area contributed by atoms with Gasteiger partial charge in [0.25, 0.3) is 0 Å². The highest BCUT2D eigenvalue weighted by molar-refractivity contribution is 5.81. The van der Waals surface area contributed by atoms with E-state index in [1.807, 2.05) is 19.1 Å². The molecule has 2 rings (SSSR count). The number of carbonyl (C=O) groups is 1. The number of furan rings is 1. The lowest BCUT2D eigenvalue weighted by Crippen LogP contribution is -2.42. The summed E-state index contributed by atoms with van der Waals surface area (Å²) in [7, 11) is 0. The molecule has 0 spiro atoms. The molecule has 1 heterocycles. The van der Waals surface area contributed by atoms with Gasteiger partial charge in [-0.25, -0.2) is 0 Å². The van der Waals surface area contributed by atoms with Crippen LogP contribution in [0.2, 0.25) is 0 Å². The van der Waals surface area contributed by atoms with E-state index in [-0.39, 0.29) is 11.9 Å². The maximum atomic E-state index is 11.9. The first-order valence-electron chi connectivity index (χ1n) is 7.79. The van der Waals surface area contributed by atoms with Crippen molar-refractivity contribution in [3.8, 4) is 0 Å². The Morgan fingerprint density at radius 3 is 2.95 bits per heavy atom. The van der Waals surface area contributed by atoms with E-state index in [0.717, 1.165) is 18.2 Å². The molecule has 20 heavy (non-hydrogen) atoms. The van der Waals surface area contributed by atoms with Crippen molar-refractivity contribution in [1.29, 1.82) is 0 Å². The minimum Gasteiger partial charge on any atom is -0.467 e. The minimum atomic E-state index is -0.145. The number of hydrogen-bond donors (Lipinski definition) is 2. The Balaban J connectivity index is 1.54. The van der Waals surface area contributed by atoms with Gasteiger partial charge < -0.3 is 15.1 Å². The maximum Gasteiger partial charge on any atom is 0.237 e. The molecule has 4 heteroatoms.